The number of para-hydroxylation sites is 1. The fraction of sp³-hybridized carbons (Fsp3) is 0.0833. The van der Waals surface area contributed by atoms with Gasteiger partial charge in [-0.1, -0.05) is 23.7 Å². The molecule has 1 amide bonds. The van der Waals surface area contributed by atoms with Crippen LogP contribution in [-0.2, 0) is 0 Å². The SMILES string of the molecule is Cc1cccc(C(=O)Nc2cc(Cl)ncn2)c1[N+](=O)[O-]. The van der Waals surface area contributed by atoms with E-state index in [-0.39, 0.29) is 22.2 Å². The van der Waals surface area contributed by atoms with Gasteiger partial charge in [0, 0.05) is 11.6 Å². The Kier molecular flexibility index (Phi) is 3.90. The molecule has 0 saturated heterocycles. The van der Waals surface area contributed by atoms with Gasteiger partial charge in [-0.2, -0.15) is 0 Å². The number of aromatic nitrogens is 2. The average Bonchev–Trinajstić information content (AvgIpc) is 2.37. The van der Waals surface area contributed by atoms with E-state index >= 15 is 0 Å². The third kappa shape index (κ3) is 2.89. The Hall–Kier alpha value is -2.54. The summed E-state index contributed by atoms with van der Waals surface area (Å²) >= 11 is 5.67. The molecule has 1 aromatic carbocycles. The van der Waals surface area contributed by atoms with Crippen LogP contribution in [0.3, 0.4) is 0 Å². The van der Waals surface area contributed by atoms with Crippen LogP contribution in [0, 0.1) is 17.0 Å². The van der Waals surface area contributed by atoms with E-state index in [1.54, 1.807) is 19.1 Å². The van der Waals surface area contributed by atoms with Crippen molar-refractivity contribution in [1.82, 2.24) is 9.97 Å². The first-order valence-electron chi connectivity index (χ1n) is 5.52. The Labute approximate surface area is 118 Å². The lowest BCUT2D eigenvalue weighted by Crippen LogP contribution is -2.15. The quantitative estimate of drug-likeness (QED) is 0.532. The Morgan fingerprint density at radius 2 is 2.15 bits per heavy atom. The van der Waals surface area contributed by atoms with Crippen molar-refractivity contribution in [3.8, 4) is 0 Å². The van der Waals surface area contributed by atoms with E-state index in [9.17, 15) is 14.9 Å². The smallest absolute Gasteiger partial charge is 0.285 e. The zero-order valence-corrected chi connectivity index (χ0v) is 11.1. The highest BCUT2D eigenvalue weighted by Crippen LogP contribution is 2.23. The fourth-order valence-corrected chi connectivity index (χ4v) is 1.82. The van der Waals surface area contributed by atoms with Gasteiger partial charge in [-0.05, 0) is 13.0 Å². The highest BCUT2D eigenvalue weighted by molar-refractivity contribution is 6.29. The number of benzene rings is 1. The molecule has 8 heteroatoms. The van der Waals surface area contributed by atoms with Gasteiger partial charge in [0.25, 0.3) is 11.6 Å². The number of nitrogens with one attached hydrogen (secondary N) is 1. The summed E-state index contributed by atoms with van der Waals surface area (Å²) in [6, 6.07) is 5.87. The minimum Gasteiger partial charge on any atom is -0.306 e. The number of amides is 1. The molecule has 0 radical (unpaired) electrons. The molecular weight excluding hydrogens is 284 g/mol. The van der Waals surface area contributed by atoms with E-state index in [2.05, 4.69) is 15.3 Å². The number of hydrogen-bond donors (Lipinski definition) is 1. The van der Waals surface area contributed by atoms with Gasteiger partial charge in [-0.3, -0.25) is 14.9 Å². The van der Waals surface area contributed by atoms with Gasteiger partial charge in [0.05, 0.1) is 4.92 Å². The maximum atomic E-state index is 12.1. The molecule has 0 spiro atoms. The van der Waals surface area contributed by atoms with Crippen LogP contribution in [-0.4, -0.2) is 20.8 Å². The summed E-state index contributed by atoms with van der Waals surface area (Å²) in [5.74, 6) is -0.457. The monoisotopic (exact) mass is 292 g/mol. The van der Waals surface area contributed by atoms with Crippen molar-refractivity contribution in [1.29, 1.82) is 0 Å². The van der Waals surface area contributed by atoms with E-state index in [0.29, 0.717) is 5.56 Å². The first-order chi connectivity index (χ1) is 9.49. The van der Waals surface area contributed by atoms with Crippen LogP contribution < -0.4 is 5.32 Å². The van der Waals surface area contributed by atoms with Crippen molar-refractivity contribution >= 4 is 29.0 Å². The lowest BCUT2D eigenvalue weighted by molar-refractivity contribution is -0.385. The van der Waals surface area contributed by atoms with Gasteiger partial charge < -0.3 is 5.32 Å². The predicted octanol–water partition coefficient (Wildman–Crippen LogP) is 2.60. The number of aryl methyl sites for hydroxylation is 1. The number of carbonyl (C=O) groups is 1. The Bertz CT molecular complexity index is 690. The summed E-state index contributed by atoms with van der Waals surface area (Å²) < 4.78 is 0. The van der Waals surface area contributed by atoms with Crippen molar-refractivity contribution in [2.75, 3.05) is 5.32 Å². The Morgan fingerprint density at radius 1 is 1.40 bits per heavy atom. The second kappa shape index (κ2) is 5.62. The van der Waals surface area contributed by atoms with Crippen molar-refractivity contribution in [2.45, 2.75) is 6.92 Å². The molecule has 0 saturated carbocycles. The first-order valence-corrected chi connectivity index (χ1v) is 5.89. The molecular formula is C12H9ClN4O3. The lowest BCUT2D eigenvalue weighted by atomic mass is 10.1. The maximum absolute atomic E-state index is 12.1. The van der Waals surface area contributed by atoms with Gasteiger partial charge in [0.2, 0.25) is 0 Å². The summed E-state index contributed by atoms with van der Waals surface area (Å²) in [5.41, 5.74) is 0.137. The van der Waals surface area contributed by atoms with Gasteiger partial charge in [-0.15, -0.1) is 0 Å². The maximum Gasteiger partial charge on any atom is 0.285 e. The highest BCUT2D eigenvalue weighted by Gasteiger charge is 2.22. The lowest BCUT2D eigenvalue weighted by Gasteiger charge is -2.06. The predicted molar refractivity (Wildman–Crippen MR) is 72.8 cm³/mol. The van der Waals surface area contributed by atoms with E-state index in [4.69, 9.17) is 11.6 Å². The topological polar surface area (TPSA) is 98.0 Å². The van der Waals surface area contributed by atoms with E-state index in [1.165, 1.54) is 18.5 Å². The molecule has 2 aromatic rings. The summed E-state index contributed by atoms with van der Waals surface area (Å²) in [6.07, 6.45) is 1.18. The van der Waals surface area contributed by atoms with Crippen LogP contribution in [0.25, 0.3) is 0 Å². The van der Waals surface area contributed by atoms with Crippen LogP contribution in [0.2, 0.25) is 5.15 Å². The molecule has 1 aromatic heterocycles. The van der Waals surface area contributed by atoms with Crippen LogP contribution in [0.1, 0.15) is 15.9 Å². The number of nitro groups is 1. The summed E-state index contributed by atoms with van der Waals surface area (Å²) in [5, 5.41) is 13.6. The molecule has 0 bridgehead atoms. The molecule has 0 aliphatic heterocycles. The number of rotatable bonds is 3. The van der Waals surface area contributed by atoms with Crippen molar-refractivity contribution in [3.05, 3.63) is 57.0 Å². The number of nitrogens with zero attached hydrogens (tertiary/aromatic N) is 3. The zero-order chi connectivity index (χ0) is 14.7. The second-order valence-electron chi connectivity index (χ2n) is 3.91. The third-order valence-electron chi connectivity index (χ3n) is 2.54. The number of carbonyl (C=O) groups excluding carboxylic acids is 1. The summed E-state index contributed by atoms with van der Waals surface area (Å²) in [4.78, 5) is 30.0. The zero-order valence-electron chi connectivity index (χ0n) is 10.3. The van der Waals surface area contributed by atoms with Crippen molar-refractivity contribution in [2.24, 2.45) is 0 Å². The number of halogens is 1. The molecule has 0 atom stereocenters. The normalized spacial score (nSPS) is 10.1. The molecule has 0 aliphatic rings. The molecule has 20 heavy (non-hydrogen) atoms. The number of nitro benzene ring substituents is 1. The van der Waals surface area contributed by atoms with Crippen molar-refractivity contribution in [3.63, 3.8) is 0 Å². The summed E-state index contributed by atoms with van der Waals surface area (Å²) in [6.45, 7) is 1.57. The minimum absolute atomic E-state index is 0.0373. The van der Waals surface area contributed by atoms with Crippen LogP contribution in [0.4, 0.5) is 11.5 Å². The standard InChI is InChI=1S/C12H9ClN4O3/c1-7-3-2-4-8(11(7)17(19)20)12(18)16-10-5-9(13)14-6-15-10/h2-6H,1H3,(H,14,15,16,18). The van der Waals surface area contributed by atoms with Crippen molar-refractivity contribution < 1.29 is 9.72 Å². The largest absolute Gasteiger partial charge is 0.306 e. The third-order valence-corrected chi connectivity index (χ3v) is 2.75. The van der Waals surface area contributed by atoms with E-state index in [1.807, 2.05) is 0 Å². The molecule has 0 fully saturated rings. The second-order valence-corrected chi connectivity index (χ2v) is 4.30. The van der Waals surface area contributed by atoms with Gasteiger partial charge in [0.1, 0.15) is 22.9 Å². The van der Waals surface area contributed by atoms with E-state index < -0.39 is 10.8 Å². The molecule has 0 aliphatic carbocycles. The van der Waals surface area contributed by atoms with Gasteiger partial charge in [0.15, 0.2) is 0 Å². The molecule has 0 unspecified atom stereocenters. The fourth-order valence-electron chi connectivity index (χ4n) is 1.67. The molecule has 1 N–H and O–H groups in total. The molecule has 1 heterocycles. The number of anilines is 1. The van der Waals surface area contributed by atoms with Gasteiger partial charge in [-0.25, -0.2) is 9.97 Å². The summed E-state index contributed by atoms with van der Waals surface area (Å²) in [7, 11) is 0. The Morgan fingerprint density at radius 3 is 2.80 bits per heavy atom. The minimum atomic E-state index is -0.629. The van der Waals surface area contributed by atoms with Gasteiger partial charge >= 0.3 is 0 Å². The van der Waals surface area contributed by atoms with Crippen LogP contribution in [0.15, 0.2) is 30.6 Å². The molecule has 102 valence electrons. The van der Waals surface area contributed by atoms with Crippen LogP contribution >= 0.6 is 11.6 Å². The Balaban J connectivity index is 2.35. The van der Waals surface area contributed by atoms with E-state index in [0.717, 1.165) is 0 Å². The molecule has 2 rings (SSSR count). The van der Waals surface area contributed by atoms with Crippen LogP contribution in [0.5, 0.6) is 0 Å². The molecule has 7 nitrogen and oxygen atoms in total. The average molecular weight is 293 g/mol. The number of hydrogen-bond acceptors (Lipinski definition) is 5. The first kappa shape index (κ1) is 13.9. The highest BCUT2D eigenvalue weighted by atomic mass is 35.5.